The van der Waals surface area contributed by atoms with Crippen molar-refractivity contribution in [3.05, 3.63) is 0 Å². The number of carbonyl (C=O) groups is 6. The van der Waals surface area contributed by atoms with Crippen LogP contribution in [0, 0.1) is 11.8 Å². The molecular formula is C26H48N2O10. The van der Waals surface area contributed by atoms with E-state index in [1.807, 2.05) is 13.8 Å². The van der Waals surface area contributed by atoms with Crippen molar-refractivity contribution in [1.82, 2.24) is 12.3 Å². The minimum absolute atomic E-state index is 0. The van der Waals surface area contributed by atoms with Gasteiger partial charge in [-0.2, -0.15) is 0 Å². The molecule has 0 fully saturated rings. The molecule has 0 radical (unpaired) electrons. The molecule has 0 spiro atoms. The number of aliphatic carboxylic acids is 2. The molecular weight excluding hydrogens is 500 g/mol. The minimum atomic E-state index is -1.60. The number of unbranched alkanes of at least 4 members (excludes halogenated alkanes) is 6. The summed E-state index contributed by atoms with van der Waals surface area (Å²) in [5, 5.41) is 17.7. The summed E-state index contributed by atoms with van der Waals surface area (Å²) in [7, 11) is 0. The van der Waals surface area contributed by atoms with Crippen LogP contribution in [-0.4, -0.2) is 46.0 Å². The first kappa shape index (κ1) is 39.6. The van der Waals surface area contributed by atoms with Crippen LogP contribution in [-0.2, 0) is 38.2 Å². The molecule has 38 heavy (non-hydrogen) atoms. The van der Waals surface area contributed by atoms with E-state index in [9.17, 15) is 28.8 Å². The number of esters is 4. The maximum atomic E-state index is 12.5. The van der Waals surface area contributed by atoms with Gasteiger partial charge in [0.25, 0.3) is 0 Å². The number of carbonyl (C=O) groups excluding carboxylic acids is 4. The molecule has 0 bridgehead atoms. The number of hydrogen-bond acceptors (Lipinski definition) is 10. The van der Waals surface area contributed by atoms with Crippen molar-refractivity contribution >= 4 is 35.8 Å². The Labute approximate surface area is 225 Å². The van der Waals surface area contributed by atoms with Crippen molar-refractivity contribution in [2.75, 3.05) is 0 Å². The molecule has 2 atom stereocenters. The Morgan fingerprint density at radius 2 is 0.842 bits per heavy atom. The molecule has 0 amide bonds. The molecule has 0 aliphatic heterocycles. The van der Waals surface area contributed by atoms with E-state index < -0.39 is 47.7 Å². The quantitative estimate of drug-likeness (QED) is 0.0670. The van der Waals surface area contributed by atoms with Crippen LogP contribution >= 0.6 is 0 Å². The van der Waals surface area contributed by atoms with Gasteiger partial charge >= 0.3 is 35.8 Å². The Hall–Kier alpha value is -2.86. The number of carboxylic acid groups (broad SMARTS) is 2. The summed E-state index contributed by atoms with van der Waals surface area (Å²) in [6.07, 6.45) is 8.37. The van der Waals surface area contributed by atoms with Crippen LogP contribution in [0.25, 0.3) is 0 Å². The van der Waals surface area contributed by atoms with Gasteiger partial charge in [-0.25, -0.2) is 9.59 Å². The molecule has 0 aromatic rings. The highest BCUT2D eigenvalue weighted by molar-refractivity contribution is 6.33. The van der Waals surface area contributed by atoms with Crippen molar-refractivity contribution in [2.45, 2.75) is 117 Å². The Kier molecular flexibility index (Phi) is 25.5. The predicted octanol–water partition coefficient (Wildman–Crippen LogP) is 5.13. The van der Waals surface area contributed by atoms with Gasteiger partial charge in [0.1, 0.15) is 0 Å². The molecule has 0 heterocycles. The molecule has 0 aliphatic carbocycles. The highest BCUT2D eigenvalue weighted by Gasteiger charge is 2.30. The van der Waals surface area contributed by atoms with E-state index in [2.05, 4.69) is 9.47 Å². The molecule has 12 nitrogen and oxygen atoms in total. The summed E-state index contributed by atoms with van der Waals surface area (Å²) < 4.78 is 9.33. The Balaban J connectivity index is -0.00000612. The number of carboxylic acids is 2. The average molecular weight is 549 g/mol. The van der Waals surface area contributed by atoms with E-state index in [0.717, 1.165) is 38.5 Å². The summed E-state index contributed by atoms with van der Waals surface area (Å²) >= 11 is 0. The first-order valence-electron chi connectivity index (χ1n) is 13.1. The van der Waals surface area contributed by atoms with Gasteiger partial charge in [-0.3, -0.25) is 19.2 Å². The van der Waals surface area contributed by atoms with Crippen LogP contribution < -0.4 is 12.3 Å². The van der Waals surface area contributed by atoms with E-state index >= 15 is 0 Å². The summed E-state index contributed by atoms with van der Waals surface area (Å²) in [6.45, 7) is 4.07. The zero-order valence-electron chi connectivity index (χ0n) is 23.0. The van der Waals surface area contributed by atoms with E-state index in [4.69, 9.17) is 10.2 Å². The second kappa shape index (κ2) is 24.5. The van der Waals surface area contributed by atoms with E-state index in [0.29, 0.717) is 25.7 Å². The molecule has 12 heteroatoms. The van der Waals surface area contributed by atoms with Gasteiger partial charge < -0.3 is 32.0 Å². The fraction of sp³-hybridized carbons (Fsp3) is 0.769. The Morgan fingerprint density at radius 1 is 0.526 bits per heavy atom. The normalized spacial score (nSPS) is 11.7. The van der Waals surface area contributed by atoms with Gasteiger partial charge in [0.05, 0.1) is 11.8 Å². The topological polar surface area (TPSA) is 231 Å². The largest absolute Gasteiger partial charge is 0.481 e. The molecule has 222 valence electrons. The lowest BCUT2D eigenvalue weighted by molar-refractivity contribution is -0.180. The Morgan fingerprint density at radius 3 is 1.13 bits per heavy atom. The van der Waals surface area contributed by atoms with Crippen LogP contribution in [0.1, 0.15) is 117 Å². The fourth-order valence-corrected chi connectivity index (χ4v) is 3.83. The van der Waals surface area contributed by atoms with E-state index in [1.165, 1.54) is 0 Å². The highest BCUT2D eigenvalue weighted by atomic mass is 16.6. The second-order valence-electron chi connectivity index (χ2n) is 9.08. The predicted molar refractivity (Wildman–Crippen MR) is 140 cm³/mol. The van der Waals surface area contributed by atoms with Crippen molar-refractivity contribution in [3.63, 3.8) is 0 Å². The Bertz CT molecular complexity index is 667. The lowest BCUT2D eigenvalue weighted by atomic mass is 9.95. The highest BCUT2D eigenvalue weighted by Crippen LogP contribution is 2.21. The lowest BCUT2D eigenvalue weighted by Crippen LogP contribution is -2.31. The average Bonchev–Trinajstić information content (AvgIpc) is 2.81. The van der Waals surface area contributed by atoms with Crippen molar-refractivity contribution in [1.29, 1.82) is 0 Å². The van der Waals surface area contributed by atoms with Crippen LogP contribution in [0.5, 0.6) is 0 Å². The van der Waals surface area contributed by atoms with E-state index in [1.54, 1.807) is 0 Å². The zero-order valence-corrected chi connectivity index (χ0v) is 23.0. The van der Waals surface area contributed by atoms with Crippen molar-refractivity contribution in [2.24, 2.45) is 11.8 Å². The van der Waals surface area contributed by atoms with E-state index in [-0.39, 0.29) is 50.8 Å². The minimum Gasteiger partial charge on any atom is -0.481 e. The summed E-state index contributed by atoms with van der Waals surface area (Å²) in [5.74, 6) is -8.56. The van der Waals surface area contributed by atoms with Gasteiger partial charge in [0.2, 0.25) is 0 Å². The lowest BCUT2D eigenvalue weighted by Gasteiger charge is -2.16. The van der Waals surface area contributed by atoms with Crippen LogP contribution in [0.15, 0.2) is 0 Å². The first-order valence-corrected chi connectivity index (χ1v) is 13.1. The molecule has 0 saturated carbocycles. The van der Waals surface area contributed by atoms with Crippen LogP contribution in [0.3, 0.4) is 0 Å². The van der Waals surface area contributed by atoms with Crippen LogP contribution in [0.4, 0.5) is 0 Å². The van der Waals surface area contributed by atoms with Gasteiger partial charge in [-0.1, -0.05) is 65.2 Å². The molecule has 0 aromatic carbocycles. The maximum absolute atomic E-state index is 12.5. The van der Waals surface area contributed by atoms with Gasteiger partial charge in [0.15, 0.2) is 0 Å². The zero-order chi connectivity index (χ0) is 27.3. The standard InChI is InChI=1S/C26H42O10.2H3N/c1-3-5-7-9-13-19(15-11-17-21(27)28)23(31)35-25(33)26(34)36-24(32)20(14-10-8-6-4-2)16-12-18-22(29)30;;/h19-20H,3-18H2,1-2H3,(H,27,28)(H,29,30);2*1H3. The molecule has 0 rings (SSSR count). The van der Waals surface area contributed by atoms with Crippen LogP contribution in [0.2, 0.25) is 0 Å². The SMILES string of the molecule is CCCCCCC(CCCC(=O)O)C(=O)OC(=O)C(=O)OC(=O)C(CCCCCC)CCCC(=O)O.N.N. The number of ether oxygens (including phenoxy) is 2. The third kappa shape index (κ3) is 20.2. The second-order valence-corrected chi connectivity index (χ2v) is 9.08. The summed E-state index contributed by atoms with van der Waals surface area (Å²) in [6, 6.07) is 0. The molecule has 0 saturated heterocycles. The fourth-order valence-electron chi connectivity index (χ4n) is 3.83. The van der Waals surface area contributed by atoms with Gasteiger partial charge in [-0.15, -0.1) is 0 Å². The van der Waals surface area contributed by atoms with Gasteiger partial charge in [-0.05, 0) is 38.5 Å². The van der Waals surface area contributed by atoms with Gasteiger partial charge in [0, 0.05) is 12.8 Å². The smallest absolute Gasteiger partial charge is 0.425 e. The third-order valence-electron chi connectivity index (χ3n) is 5.92. The van der Waals surface area contributed by atoms with Crippen molar-refractivity contribution < 1.29 is 48.5 Å². The summed E-state index contributed by atoms with van der Waals surface area (Å²) in [4.78, 5) is 70.8. The summed E-state index contributed by atoms with van der Waals surface area (Å²) in [5.41, 5.74) is 0. The first-order chi connectivity index (χ1) is 17.1. The molecule has 8 N–H and O–H groups in total. The molecule has 0 aliphatic rings. The number of hydrogen-bond donors (Lipinski definition) is 4. The number of rotatable bonds is 20. The molecule has 2 unspecified atom stereocenters. The molecule has 0 aromatic heterocycles. The third-order valence-corrected chi connectivity index (χ3v) is 5.92. The monoisotopic (exact) mass is 548 g/mol. The van der Waals surface area contributed by atoms with Crippen molar-refractivity contribution in [3.8, 4) is 0 Å². The maximum Gasteiger partial charge on any atom is 0.425 e.